The van der Waals surface area contributed by atoms with Crippen LogP contribution in [0, 0.1) is 0 Å². The molecule has 30 heavy (non-hydrogen) atoms. The lowest BCUT2D eigenvalue weighted by Gasteiger charge is -2.28. The lowest BCUT2D eigenvalue weighted by atomic mass is 10.1. The predicted molar refractivity (Wildman–Crippen MR) is 123 cm³/mol. The summed E-state index contributed by atoms with van der Waals surface area (Å²) in [4.78, 5) is 4.76. The minimum Gasteiger partial charge on any atom is -0.378 e. The zero-order valence-electron chi connectivity index (χ0n) is 17.6. The Hall–Kier alpha value is -2.41. The first-order valence-corrected chi connectivity index (χ1v) is 11.9. The molecule has 0 aliphatic carbocycles. The SMILES string of the molecule is CN(C)c1ccc([C@@H](CNS(=O)(=O)c2ccc3ccccc3c2)N2CCCC2)cc1. The third kappa shape index (κ3) is 4.51. The molecule has 0 aromatic heterocycles. The molecule has 3 aromatic rings. The number of likely N-dealkylation sites (tertiary alicyclic amines) is 1. The third-order valence-electron chi connectivity index (χ3n) is 5.87. The average Bonchev–Trinajstić information content (AvgIpc) is 3.28. The van der Waals surface area contributed by atoms with Gasteiger partial charge in [0, 0.05) is 32.4 Å². The van der Waals surface area contributed by atoms with E-state index in [1.54, 1.807) is 12.1 Å². The quantitative estimate of drug-likeness (QED) is 0.624. The van der Waals surface area contributed by atoms with Crippen molar-refractivity contribution in [1.82, 2.24) is 9.62 Å². The highest BCUT2D eigenvalue weighted by Gasteiger charge is 2.26. The summed E-state index contributed by atoms with van der Waals surface area (Å²) in [6.07, 6.45) is 2.31. The predicted octanol–water partition coefficient (Wildman–Crippen LogP) is 4.02. The third-order valence-corrected chi connectivity index (χ3v) is 7.29. The summed E-state index contributed by atoms with van der Waals surface area (Å²) >= 11 is 0. The number of sulfonamides is 1. The van der Waals surface area contributed by atoms with Gasteiger partial charge >= 0.3 is 0 Å². The van der Waals surface area contributed by atoms with Crippen molar-refractivity contribution in [3.05, 3.63) is 72.3 Å². The van der Waals surface area contributed by atoms with Crippen molar-refractivity contribution in [2.24, 2.45) is 0 Å². The van der Waals surface area contributed by atoms with Crippen molar-refractivity contribution in [3.8, 4) is 0 Å². The molecule has 1 saturated heterocycles. The summed E-state index contributed by atoms with van der Waals surface area (Å²) in [5.41, 5.74) is 2.28. The maximum absolute atomic E-state index is 13.0. The van der Waals surface area contributed by atoms with E-state index in [4.69, 9.17) is 0 Å². The van der Waals surface area contributed by atoms with Gasteiger partial charge in [0.1, 0.15) is 0 Å². The summed E-state index contributed by atoms with van der Waals surface area (Å²) in [6.45, 7) is 2.35. The number of rotatable bonds is 7. The summed E-state index contributed by atoms with van der Waals surface area (Å²) < 4.78 is 28.9. The van der Waals surface area contributed by atoms with Crippen molar-refractivity contribution in [2.45, 2.75) is 23.8 Å². The molecule has 4 rings (SSSR count). The van der Waals surface area contributed by atoms with Gasteiger partial charge in [0.15, 0.2) is 0 Å². The van der Waals surface area contributed by atoms with Gasteiger partial charge in [-0.15, -0.1) is 0 Å². The largest absolute Gasteiger partial charge is 0.378 e. The fourth-order valence-electron chi connectivity index (χ4n) is 4.11. The van der Waals surface area contributed by atoms with Crippen molar-refractivity contribution < 1.29 is 8.42 Å². The first kappa shape index (κ1) is 20.8. The molecule has 158 valence electrons. The van der Waals surface area contributed by atoms with E-state index >= 15 is 0 Å². The van der Waals surface area contributed by atoms with Gasteiger partial charge in [-0.3, -0.25) is 4.90 Å². The average molecular weight is 424 g/mol. The number of fused-ring (bicyclic) bond motifs is 1. The molecule has 0 unspecified atom stereocenters. The Morgan fingerprint density at radius 3 is 2.27 bits per heavy atom. The van der Waals surface area contributed by atoms with Crippen LogP contribution < -0.4 is 9.62 Å². The van der Waals surface area contributed by atoms with Crippen LogP contribution in [0.5, 0.6) is 0 Å². The number of nitrogens with one attached hydrogen (secondary N) is 1. The Morgan fingerprint density at radius 2 is 1.60 bits per heavy atom. The normalized spacial score (nSPS) is 16.1. The number of nitrogens with zero attached hydrogens (tertiary/aromatic N) is 2. The van der Waals surface area contributed by atoms with Gasteiger partial charge in [0.05, 0.1) is 4.90 Å². The monoisotopic (exact) mass is 423 g/mol. The minimum atomic E-state index is -3.59. The molecule has 3 aromatic carbocycles. The molecule has 1 fully saturated rings. The number of benzene rings is 3. The van der Waals surface area contributed by atoms with Gasteiger partial charge in [-0.1, -0.05) is 42.5 Å². The van der Waals surface area contributed by atoms with Crippen molar-refractivity contribution in [3.63, 3.8) is 0 Å². The molecule has 0 saturated carbocycles. The fourth-order valence-corrected chi connectivity index (χ4v) is 5.19. The Labute approximate surface area is 179 Å². The maximum Gasteiger partial charge on any atom is 0.240 e. The van der Waals surface area contributed by atoms with Crippen molar-refractivity contribution in [1.29, 1.82) is 0 Å². The molecule has 1 aliphatic heterocycles. The first-order valence-electron chi connectivity index (χ1n) is 10.4. The highest BCUT2D eigenvalue weighted by atomic mass is 32.2. The zero-order chi connectivity index (χ0) is 21.1. The second-order valence-electron chi connectivity index (χ2n) is 8.11. The summed E-state index contributed by atoms with van der Waals surface area (Å²) in [5, 5.41) is 1.96. The second kappa shape index (κ2) is 8.76. The highest BCUT2D eigenvalue weighted by molar-refractivity contribution is 7.89. The van der Waals surface area contributed by atoms with Gasteiger partial charge in [0.25, 0.3) is 0 Å². The van der Waals surface area contributed by atoms with E-state index in [0.29, 0.717) is 11.4 Å². The Balaban J connectivity index is 1.56. The van der Waals surface area contributed by atoms with E-state index < -0.39 is 10.0 Å². The van der Waals surface area contributed by atoms with E-state index in [1.807, 2.05) is 44.4 Å². The van der Waals surface area contributed by atoms with Crippen LogP contribution in [-0.2, 0) is 10.0 Å². The molecule has 1 N–H and O–H groups in total. The van der Waals surface area contributed by atoms with Crippen LogP contribution in [0.3, 0.4) is 0 Å². The van der Waals surface area contributed by atoms with Crippen molar-refractivity contribution in [2.75, 3.05) is 38.6 Å². The van der Waals surface area contributed by atoms with Gasteiger partial charge < -0.3 is 4.90 Å². The minimum absolute atomic E-state index is 0.0268. The van der Waals surface area contributed by atoms with E-state index in [-0.39, 0.29) is 6.04 Å². The Morgan fingerprint density at radius 1 is 0.933 bits per heavy atom. The molecule has 1 atom stereocenters. The molecule has 0 amide bonds. The van der Waals surface area contributed by atoms with Crippen LogP contribution in [0.4, 0.5) is 5.69 Å². The van der Waals surface area contributed by atoms with Gasteiger partial charge in [-0.25, -0.2) is 13.1 Å². The van der Waals surface area contributed by atoms with E-state index in [9.17, 15) is 8.42 Å². The summed E-state index contributed by atoms with van der Waals surface area (Å²) in [7, 11) is 0.446. The van der Waals surface area contributed by atoms with E-state index in [1.165, 1.54) is 0 Å². The van der Waals surface area contributed by atoms with Crippen LogP contribution in [0.25, 0.3) is 10.8 Å². The van der Waals surface area contributed by atoms with E-state index in [2.05, 4.69) is 38.8 Å². The molecule has 5 nitrogen and oxygen atoms in total. The van der Waals surface area contributed by atoms with Gasteiger partial charge in [-0.2, -0.15) is 0 Å². The molecular weight excluding hydrogens is 394 g/mol. The number of hydrogen-bond acceptors (Lipinski definition) is 4. The summed E-state index contributed by atoms with van der Waals surface area (Å²) in [6, 6.07) is 21.5. The molecule has 1 aliphatic rings. The van der Waals surface area contributed by atoms with Crippen molar-refractivity contribution >= 4 is 26.5 Å². The van der Waals surface area contributed by atoms with Gasteiger partial charge in [0.2, 0.25) is 10.0 Å². The van der Waals surface area contributed by atoms with Gasteiger partial charge in [-0.05, 0) is 66.5 Å². The number of anilines is 1. The van der Waals surface area contributed by atoms with Crippen LogP contribution in [0.15, 0.2) is 71.6 Å². The summed E-state index contributed by atoms with van der Waals surface area (Å²) in [5.74, 6) is 0. The van der Waals surface area contributed by atoms with Crippen LogP contribution in [-0.4, -0.2) is 47.0 Å². The fraction of sp³-hybridized carbons (Fsp3) is 0.333. The second-order valence-corrected chi connectivity index (χ2v) is 9.87. The maximum atomic E-state index is 13.0. The Bertz CT molecular complexity index is 1100. The molecule has 0 radical (unpaired) electrons. The first-order chi connectivity index (χ1) is 14.4. The zero-order valence-corrected chi connectivity index (χ0v) is 18.4. The Kier molecular flexibility index (Phi) is 6.09. The number of hydrogen-bond donors (Lipinski definition) is 1. The highest BCUT2D eigenvalue weighted by Crippen LogP contribution is 2.27. The molecule has 6 heteroatoms. The lowest BCUT2D eigenvalue weighted by Crippen LogP contribution is -2.36. The smallest absolute Gasteiger partial charge is 0.240 e. The molecule has 1 heterocycles. The lowest BCUT2D eigenvalue weighted by molar-refractivity contribution is 0.246. The molecule has 0 spiro atoms. The van der Waals surface area contributed by atoms with E-state index in [0.717, 1.165) is 48.0 Å². The standard InChI is InChI=1S/C24H29N3O2S/c1-26(2)22-12-9-20(10-13-22)24(27-15-5-6-16-27)18-25-30(28,29)23-14-11-19-7-3-4-8-21(19)17-23/h3-4,7-14,17,24-25H,5-6,15-16,18H2,1-2H3/t24-/m1/s1. The van der Waals surface area contributed by atoms with Crippen LogP contribution in [0.1, 0.15) is 24.4 Å². The van der Waals surface area contributed by atoms with Crippen LogP contribution >= 0.6 is 0 Å². The topological polar surface area (TPSA) is 52.7 Å². The molecular formula is C24H29N3O2S. The van der Waals surface area contributed by atoms with Crippen LogP contribution in [0.2, 0.25) is 0 Å². The molecule has 0 bridgehead atoms.